The lowest BCUT2D eigenvalue weighted by Crippen LogP contribution is -2.41. The number of hydrogen-bond acceptors (Lipinski definition) is 3. The SMILES string of the molecule is CCC(C(=O)O)n1c2c(c3cc(F)ccc31)C[C@@H](N(C)C(=O)CCc1ccccc1OC)CC2. The monoisotopic (exact) mass is 466 g/mol. The fourth-order valence-corrected chi connectivity index (χ4v) is 5.23. The van der Waals surface area contributed by atoms with Crippen LogP contribution < -0.4 is 4.74 Å². The zero-order chi connectivity index (χ0) is 24.4. The molecule has 1 aliphatic carbocycles. The fourth-order valence-electron chi connectivity index (χ4n) is 5.23. The number of carboxylic acids is 1. The standard InChI is InChI=1S/C27H31FN2O4/c1-4-22(27(32)33)30-23-12-10-18(28)15-20(23)21-16-19(11-13-24(21)30)29(2)26(31)14-9-17-7-5-6-8-25(17)34-3/h5-8,10,12,15,19,22H,4,9,11,13-14,16H2,1-3H3,(H,32,33)/t19-,22?/m0/s1. The van der Waals surface area contributed by atoms with Crippen LogP contribution in [0.4, 0.5) is 4.39 Å². The van der Waals surface area contributed by atoms with Crippen LogP contribution in [0.25, 0.3) is 10.9 Å². The van der Waals surface area contributed by atoms with Crippen molar-refractivity contribution in [2.75, 3.05) is 14.2 Å². The lowest BCUT2D eigenvalue weighted by Gasteiger charge is -2.32. The van der Waals surface area contributed by atoms with Gasteiger partial charge in [-0.3, -0.25) is 4.79 Å². The third kappa shape index (κ3) is 4.39. The number of amides is 1. The molecule has 2 atom stereocenters. The van der Waals surface area contributed by atoms with Crippen LogP contribution >= 0.6 is 0 Å². The summed E-state index contributed by atoms with van der Waals surface area (Å²) in [5, 5.41) is 10.6. The first-order valence-corrected chi connectivity index (χ1v) is 11.8. The second-order valence-electron chi connectivity index (χ2n) is 8.93. The highest BCUT2D eigenvalue weighted by Crippen LogP contribution is 2.37. The normalized spacial score (nSPS) is 16.2. The summed E-state index contributed by atoms with van der Waals surface area (Å²) in [6.07, 6.45) is 3.35. The quantitative estimate of drug-likeness (QED) is 0.519. The maximum absolute atomic E-state index is 14.2. The summed E-state index contributed by atoms with van der Waals surface area (Å²) >= 11 is 0. The molecule has 1 N–H and O–H groups in total. The summed E-state index contributed by atoms with van der Waals surface area (Å²) in [6.45, 7) is 1.85. The van der Waals surface area contributed by atoms with Gasteiger partial charge in [0.05, 0.1) is 7.11 Å². The number of rotatable bonds is 8. The Morgan fingerprint density at radius 2 is 2.03 bits per heavy atom. The zero-order valence-corrected chi connectivity index (χ0v) is 19.9. The van der Waals surface area contributed by atoms with Crippen LogP contribution in [-0.4, -0.2) is 46.6 Å². The summed E-state index contributed by atoms with van der Waals surface area (Å²) in [7, 11) is 3.45. The van der Waals surface area contributed by atoms with E-state index < -0.39 is 12.0 Å². The molecule has 1 unspecified atom stereocenters. The Labute approximate surface area is 198 Å². The van der Waals surface area contributed by atoms with Gasteiger partial charge >= 0.3 is 5.97 Å². The van der Waals surface area contributed by atoms with Crippen LogP contribution in [0.15, 0.2) is 42.5 Å². The van der Waals surface area contributed by atoms with E-state index in [9.17, 15) is 19.1 Å². The molecule has 34 heavy (non-hydrogen) atoms. The number of methoxy groups -OCH3 is 1. The number of aryl methyl sites for hydroxylation is 1. The summed E-state index contributed by atoms with van der Waals surface area (Å²) in [4.78, 5) is 26.8. The predicted octanol–water partition coefficient (Wildman–Crippen LogP) is 4.77. The van der Waals surface area contributed by atoms with Crippen LogP contribution in [0.2, 0.25) is 0 Å². The van der Waals surface area contributed by atoms with E-state index in [0.29, 0.717) is 32.1 Å². The zero-order valence-electron chi connectivity index (χ0n) is 19.9. The number of carbonyl (C=O) groups is 2. The van der Waals surface area contributed by atoms with Crippen molar-refractivity contribution < 1.29 is 23.8 Å². The third-order valence-electron chi connectivity index (χ3n) is 7.06. The van der Waals surface area contributed by atoms with Gasteiger partial charge in [0, 0.05) is 36.1 Å². The smallest absolute Gasteiger partial charge is 0.326 e. The van der Waals surface area contributed by atoms with Gasteiger partial charge in [0.2, 0.25) is 5.91 Å². The van der Waals surface area contributed by atoms with Crippen molar-refractivity contribution in [1.82, 2.24) is 9.47 Å². The van der Waals surface area contributed by atoms with Gasteiger partial charge in [-0.2, -0.15) is 0 Å². The van der Waals surface area contributed by atoms with E-state index in [2.05, 4.69) is 0 Å². The van der Waals surface area contributed by atoms with Gasteiger partial charge in [0.1, 0.15) is 17.6 Å². The Kier molecular flexibility index (Phi) is 6.91. The molecule has 0 fully saturated rings. The summed E-state index contributed by atoms with van der Waals surface area (Å²) in [5.41, 5.74) is 3.64. The van der Waals surface area contributed by atoms with Crippen molar-refractivity contribution in [2.24, 2.45) is 0 Å². The van der Waals surface area contributed by atoms with Crippen LogP contribution in [0.5, 0.6) is 5.75 Å². The molecule has 180 valence electrons. The van der Waals surface area contributed by atoms with Gasteiger partial charge in [-0.1, -0.05) is 25.1 Å². The first kappa shape index (κ1) is 23.8. The van der Waals surface area contributed by atoms with Crippen molar-refractivity contribution >= 4 is 22.8 Å². The molecule has 0 bridgehead atoms. The van der Waals surface area contributed by atoms with Crippen LogP contribution in [-0.2, 0) is 28.9 Å². The number of carboxylic acid groups (broad SMARTS) is 1. The Bertz CT molecular complexity index is 1220. The molecule has 0 saturated heterocycles. The minimum absolute atomic E-state index is 0.0232. The molecule has 0 saturated carbocycles. The summed E-state index contributed by atoms with van der Waals surface area (Å²) < 4.78 is 21.4. The van der Waals surface area contributed by atoms with Gasteiger partial charge in [-0.05, 0) is 67.5 Å². The predicted molar refractivity (Wildman–Crippen MR) is 129 cm³/mol. The minimum Gasteiger partial charge on any atom is -0.496 e. The van der Waals surface area contributed by atoms with Crippen LogP contribution in [0, 0.1) is 5.82 Å². The second kappa shape index (κ2) is 9.87. The number of carbonyl (C=O) groups excluding carboxylic acids is 1. The molecule has 1 heterocycles. The Morgan fingerprint density at radius 1 is 1.26 bits per heavy atom. The Hall–Kier alpha value is -3.35. The number of fused-ring (bicyclic) bond motifs is 3. The molecule has 1 aliphatic rings. The molecular formula is C27H31FN2O4. The summed E-state index contributed by atoms with van der Waals surface area (Å²) in [5.74, 6) is -0.415. The number of ether oxygens (including phenoxy) is 1. The summed E-state index contributed by atoms with van der Waals surface area (Å²) in [6, 6.07) is 11.5. The van der Waals surface area contributed by atoms with E-state index in [1.165, 1.54) is 12.1 Å². The molecule has 2 aromatic carbocycles. The van der Waals surface area contributed by atoms with Crippen molar-refractivity contribution in [3.63, 3.8) is 0 Å². The van der Waals surface area contributed by atoms with E-state index >= 15 is 0 Å². The maximum atomic E-state index is 14.2. The number of likely N-dealkylation sites (N-methyl/N-ethyl adjacent to an activating group) is 1. The van der Waals surface area contributed by atoms with Crippen molar-refractivity contribution in [1.29, 1.82) is 0 Å². The first-order valence-electron chi connectivity index (χ1n) is 11.8. The molecule has 1 aromatic heterocycles. The largest absolute Gasteiger partial charge is 0.496 e. The van der Waals surface area contributed by atoms with Crippen LogP contribution in [0.3, 0.4) is 0 Å². The number of para-hydroxylation sites is 1. The average molecular weight is 467 g/mol. The molecule has 6 nitrogen and oxygen atoms in total. The van der Waals surface area contributed by atoms with Gasteiger partial charge in [0.15, 0.2) is 0 Å². The number of nitrogens with zero attached hydrogens (tertiary/aromatic N) is 2. The average Bonchev–Trinajstić information content (AvgIpc) is 3.15. The fraction of sp³-hybridized carbons (Fsp3) is 0.407. The van der Waals surface area contributed by atoms with Crippen molar-refractivity contribution in [3.05, 3.63) is 65.1 Å². The first-order chi connectivity index (χ1) is 16.3. The number of aromatic nitrogens is 1. The highest BCUT2D eigenvalue weighted by atomic mass is 19.1. The lowest BCUT2D eigenvalue weighted by atomic mass is 9.90. The van der Waals surface area contributed by atoms with E-state index in [4.69, 9.17) is 4.74 Å². The highest BCUT2D eigenvalue weighted by Gasteiger charge is 2.32. The van der Waals surface area contributed by atoms with E-state index in [1.807, 2.05) is 42.8 Å². The Balaban J connectivity index is 1.58. The number of aliphatic carboxylic acids is 1. The van der Waals surface area contributed by atoms with E-state index in [0.717, 1.165) is 39.9 Å². The number of benzene rings is 2. The minimum atomic E-state index is -0.891. The Morgan fingerprint density at radius 3 is 2.74 bits per heavy atom. The molecule has 0 spiro atoms. The van der Waals surface area contributed by atoms with E-state index in [-0.39, 0.29) is 17.8 Å². The topological polar surface area (TPSA) is 71.8 Å². The highest BCUT2D eigenvalue weighted by molar-refractivity contribution is 5.88. The maximum Gasteiger partial charge on any atom is 0.326 e. The van der Waals surface area contributed by atoms with Gasteiger partial charge in [-0.25, -0.2) is 9.18 Å². The van der Waals surface area contributed by atoms with Crippen molar-refractivity contribution in [3.8, 4) is 5.75 Å². The number of halogens is 1. The molecule has 0 radical (unpaired) electrons. The molecule has 3 aromatic rings. The molecule has 4 rings (SSSR count). The lowest BCUT2D eigenvalue weighted by molar-refractivity contribution is -0.141. The molecule has 0 aliphatic heterocycles. The van der Waals surface area contributed by atoms with Crippen LogP contribution in [0.1, 0.15) is 49.0 Å². The second-order valence-corrected chi connectivity index (χ2v) is 8.93. The van der Waals surface area contributed by atoms with Crippen molar-refractivity contribution in [2.45, 2.75) is 57.5 Å². The van der Waals surface area contributed by atoms with Gasteiger partial charge < -0.3 is 19.3 Å². The van der Waals surface area contributed by atoms with E-state index in [1.54, 1.807) is 18.1 Å². The molecular weight excluding hydrogens is 435 g/mol. The molecule has 7 heteroatoms. The van der Waals surface area contributed by atoms with Gasteiger partial charge in [0.25, 0.3) is 0 Å². The van der Waals surface area contributed by atoms with Gasteiger partial charge in [-0.15, -0.1) is 0 Å². The number of hydrogen-bond donors (Lipinski definition) is 1. The molecule has 1 amide bonds. The third-order valence-corrected chi connectivity index (χ3v) is 7.06.